The van der Waals surface area contributed by atoms with Crippen LogP contribution in [0.4, 0.5) is 23.7 Å². The molecule has 2 amide bonds. The summed E-state index contributed by atoms with van der Waals surface area (Å²) in [4.78, 5) is 29.4. The topological polar surface area (TPSA) is 93.9 Å². The number of alkyl halides is 3. The first-order chi connectivity index (χ1) is 19.5. The zero-order valence-corrected chi connectivity index (χ0v) is 22.1. The predicted octanol–water partition coefficient (Wildman–Crippen LogP) is 6.82. The third-order valence-electron chi connectivity index (χ3n) is 6.90. The number of carbonyl (C=O) groups excluding carboxylic acids is 1. The highest BCUT2D eigenvalue weighted by atomic mass is 19.4. The van der Waals surface area contributed by atoms with Crippen molar-refractivity contribution in [3.8, 4) is 6.07 Å². The number of nitrogens with zero attached hydrogens (tertiary/aromatic N) is 3. The molecule has 1 heterocycles. The van der Waals surface area contributed by atoms with Gasteiger partial charge in [0.05, 0.1) is 35.1 Å². The molecule has 0 unspecified atom stereocenters. The van der Waals surface area contributed by atoms with Crippen molar-refractivity contribution in [3.05, 3.63) is 125 Å². The summed E-state index contributed by atoms with van der Waals surface area (Å²) in [5.41, 5.74) is -1.62. The van der Waals surface area contributed by atoms with Gasteiger partial charge in [-0.25, -0.2) is 9.59 Å². The lowest BCUT2D eigenvalue weighted by Gasteiger charge is -2.50. The number of rotatable bonds is 9. The molecule has 0 fully saturated rings. The quantitative estimate of drug-likeness (QED) is 0.289. The van der Waals surface area contributed by atoms with Crippen molar-refractivity contribution in [2.75, 3.05) is 11.6 Å². The molecule has 1 atom stereocenters. The summed E-state index contributed by atoms with van der Waals surface area (Å²) in [7, 11) is 0. The third-order valence-corrected chi connectivity index (χ3v) is 6.90. The molecule has 1 aliphatic heterocycles. The molecule has 7 nitrogen and oxygen atoms in total. The van der Waals surface area contributed by atoms with Crippen molar-refractivity contribution >= 4 is 17.7 Å². The van der Waals surface area contributed by atoms with Crippen LogP contribution >= 0.6 is 0 Å². The number of hydrogen-bond acceptors (Lipinski definition) is 4. The molecule has 0 bridgehead atoms. The fourth-order valence-corrected chi connectivity index (χ4v) is 5.08. The lowest BCUT2D eigenvalue weighted by molar-refractivity contribution is -0.138. The largest absolute Gasteiger partial charge is 0.478 e. The first-order valence-electron chi connectivity index (χ1n) is 12.5. The minimum absolute atomic E-state index is 0.0608. The van der Waals surface area contributed by atoms with Crippen molar-refractivity contribution in [2.45, 2.75) is 31.7 Å². The van der Waals surface area contributed by atoms with E-state index in [1.807, 2.05) is 36.4 Å². The number of carboxylic acid groups (broad SMARTS) is 1. The van der Waals surface area contributed by atoms with Crippen LogP contribution in [0.15, 0.2) is 103 Å². The number of anilines is 1. The number of carboxylic acids is 1. The average Bonchev–Trinajstić information content (AvgIpc) is 2.95. The van der Waals surface area contributed by atoms with Gasteiger partial charge in [-0.2, -0.15) is 18.4 Å². The Kier molecular flexibility index (Phi) is 8.31. The van der Waals surface area contributed by atoms with E-state index in [4.69, 9.17) is 4.74 Å². The highest BCUT2D eigenvalue weighted by Crippen LogP contribution is 2.47. The average molecular weight is 562 g/mol. The van der Waals surface area contributed by atoms with Crippen molar-refractivity contribution in [1.29, 1.82) is 5.26 Å². The fourth-order valence-electron chi connectivity index (χ4n) is 5.08. The molecule has 0 saturated heterocycles. The number of aliphatic carboxylic acids is 1. The second-order valence-electron chi connectivity index (χ2n) is 9.37. The van der Waals surface area contributed by atoms with Crippen LogP contribution in [0.2, 0.25) is 0 Å². The first-order valence-corrected chi connectivity index (χ1v) is 12.5. The van der Waals surface area contributed by atoms with E-state index < -0.39 is 36.0 Å². The summed E-state index contributed by atoms with van der Waals surface area (Å²) in [5, 5.41) is 19.9. The van der Waals surface area contributed by atoms with E-state index in [1.54, 1.807) is 12.1 Å². The Balaban J connectivity index is 1.94. The first kappa shape index (κ1) is 29.1. The van der Waals surface area contributed by atoms with Gasteiger partial charge >= 0.3 is 18.2 Å². The highest BCUT2D eigenvalue weighted by Gasteiger charge is 2.53. The van der Waals surface area contributed by atoms with Gasteiger partial charge in [-0.05, 0) is 54.8 Å². The molecule has 1 N–H and O–H groups in total. The van der Waals surface area contributed by atoms with E-state index in [1.165, 1.54) is 36.1 Å². The third kappa shape index (κ3) is 5.58. The van der Waals surface area contributed by atoms with Crippen LogP contribution in [0, 0.1) is 11.3 Å². The molecular formula is C31H26F3N3O4. The lowest BCUT2D eigenvalue weighted by atomic mass is 9.75. The minimum atomic E-state index is -4.68. The van der Waals surface area contributed by atoms with Crippen LogP contribution in [0.1, 0.15) is 35.6 Å². The summed E-state index contributed by atoms with van der Waals surface area (Å²) in [6, 6.07) is 20.5. The summed E-state index contributed by atoms with van der Waals surface area (Å²) in [5.74, 6) is -1.38. The second kappa shape index (κ2) is 11.7. The maximum atomic E-state index is 14.3. The Hall–Kier alpha value is -4.88. The van der Waals surface area contributed by atoms with Crippen LogP contribution in [-0.4, -0.2) is 28.7 Å². The Morgan fingerprint density at radius 1 is 1.10 bits per heavy atom. The smallest absolute Gasteiger partial charge is 0.416 e. The van der Waals surface area contributed by atoms with Crippen LogP contribution in [0.3, 0.4) is 0 Å². The molecular weight excluding hydrogens is 535 g/mol. The molecule has 0 radical (unpaired) electrons. The van der Waals surface area contributed by atoms with Gasteiger partial charge in [0.2, 0.25) is 0 Å². The van der Waals surface area contributed by atoms with E-state index in [0.717, 1.165) is 28.7 Å². The second-order valence-corrected chi connectivity index (χ2v) is 9.37. The lowest BCUT2D eigenvalue weighted by Crippen LogP contribution is -2.61. The van der Waals surface area contributed by atoms with Gasteiger partial charge in [-0.1, -0.05) is 54.6 Å². The summed E-state index contributed by atoms with van der Waals surface area (Å²) < 4.78 is 46.6. The highest BCUT2D eigenvalue weighted by molar-refractivity contribution is 6.04. The van der Waals surface area contributed by atoms with Crippen molar-refractivity contribution in [1.82, 2.24) is 4.90 Å². The van der Waals surface area contributed by atoms with Gasteiger partial charge in [-0.15, -0.1) is 6.58 Å². The molecule has 3 aromatic carbocycles. The van der Waals surface area contributed by atoms with Gasteiger partial charge in [0.1, 0.15) is 12.3 Å². The Labute approximate surface area is 235 Å². The molecule has 4 rings (SSSR count). The van der Waals surface area contributed by atoms with Crippen LogP contribution < -0.4 is 4.90 Å². The SMILES string of the molecule is C=CC[C@@]1(c2ccc(C#N)cc2)C(C(=O)O)=C(C)N(c2cccc(C(F)(F)F)c2)C(=O)N1COCc1ccccc1. The number of allylic oxidation sites excluding steroid dienone is 1. The number of hydrogen-bond donors (Lipinski definition) is 1. The minimum Gasteiger partial charge on any atom is -0.478 e. The molecule has 0 aromatic heterocycles. The maximum Gasteiger partial charge on any atom is 0.416 e. The van der Waals surface area contributed by atoms with E-state index in [0.29, 0.717) is 11.1 Å². The van der Waals surface area contributed by atoms with Crippen molar-refractivity contribution < 1.29 is 32.6 Å². The maximum absolute atomic E-state index is 14.3. The fraction of sp³-hybridized carbons (Fsp3) is 0.194. The predicted molar refractivity (Wildman–Crippen MR) is 145 cm³/mol. The van der Waals surface area contributed by atoms with Crippen LogP contribution in [0.25, 0.3) is 0 Å². The van der Waals surface area contributed by atoms with Gasteiger partial charge in [0, 0.05) is 5.70 Å². The Morgan fingerprint density at radius 2 is 1.78 bits per heavy atom. The number of nitriles is 1. The Bertz CT molecular complexity index is 1530. The Morgan fingerprint density at radius 3 is 2.37 bits per heavy atom. The van der Waals surface area contributed by atoms with Crippen molar-refractivity contribution in [2.24, 2.45) is 0 Å². The molecule has 0 spiro atoms. The molecule has 10 heteroatoms. The monoisotopic (exact) mass is 561 g/mol. The van der Waals surface area contributed by atoms with E-state index in [-0.39, 0.29) is 30.0 Å². The van der Waals surface area contributed by atoms with Gasteiger partial charge in [0.25, 0.3) is 0 Å². The number of carbonyl (C=O) groups is 2. The normalized spacial score (nSPS) is 17.4. The zero-order chi connectivity index (χ0) is 29.8. The number of halogens is 3. The summed E-state index contributed by atoms with van der Waals surface area (Å²) in [6.07, 6.45) is -3.28. The molecule has 210 valence electrons. The van der Waals surface area contributed by atoms with Crippen molar-refractivity contribution in [3.63, 3.8) is 0 Å². The van der Waals surface area contributed by atoms with E-state index >= 15 is 0 Å². The molecule has 0 saturated carbocycles. The number of urea groups is 1. The number of amides is 2. The van der Waals surface area contributed by atoms with Crippen LogP contribution in [0.5, 0.6) is 0 Å². The van der Waals surface area contributed by atoms with Gasteiger partial charge in [-0.3, -0.25) is 9.80 Å². The standard InChI is InChI=1S/C31H26F3N3O4/c1-3-16-30(24-14-12-22(18-35)13-15-24)27(28(38)39)21(2)37(26-11-7-10-25(17-26)31(32,33)34)29(40)36(30)20-41-19-23-8-5-4-6-9-23/h3-15,17H,1,16,19-20H2,2H3,(H,38,39)/t30-/m1/s1. The number of ether oxygens (including phenoxy) is 1. The molecule has 0 aliphatic carbocycles. The van der Waals surface area contributed by atoms with Gasteiger partial charge in [0.15, 0.2) is 0 Å². The summed E-state index contributed by atoms with van der Waals surface area (Å²) in [6.45, 7) is 4.85. The van der Waals surface area contributed by atoms with Gasteiger partial charge < -0.3 is 9.84 Å². The molecule has 1 aliphatic rings. The van der Waals surface area contributed by atoms with E-state index in [2.05, 4.69) is 6.58 Å². The van der Waals surface area contributed by atoms with E-state index in [9.17, 15) is 33.1 Å². The zero-order valence-electron chi connectivity index (χ0n) is 22.1. The van der Waals surface area contributed by atoms with Crippen LogP contribution in [-0.2, 0) is 27.9 Å². The summed E-state index contributed by atoms with van der Waals surface area (Å²) >= 11 is 0. The molecule has 3 aromatic rings. The number of benzene rings is 3. The molecule has 41 heavy (non-hydrogen) atoms.